The zero-order valence-electron chi connectivity index (χ0n) is 11.3. The number of nitrogens with zero attached hydrogens (tertiary/aromatic N) is 2. The molecular formula is C15H14N2O2S. The summed E-state index contributed by atoms with van der Waals surface area (Å²) in [5, 5.41) is 11.3. The molecule has 0 aliphatic carbocycles. The average molecular weight is 286 g/mol. The maximum atomic E-state index is 11.3. The van der Waals surface area contributed by atoms with E-state index in [0.29, 0.717) is 12.1 Å². The van der Waals surface area contributed by atoms with Gasteiger partial charge in [-0.1, -0.05) is 12.1 Å². The lowest BCUT2D eigenvalue weighted by molar-refractivity contribution is 0.0698. The molecule has 0 unspecified atom stereocenters. The maximum Gasteiger partial charge on any atom is 0.337 e. The Balaban J connectivity index is 2.10. The molecule has 0 saturated heterocycles. The predicted octanol–water partition coefficient (Wildman–Crippen LogP) is 3.46. The number of benzene rings is 1. The quantitative estimate of drug-likeness (QED) is 0.802. The van der Waals surface area contributed by atoms with E-state index in [1.165, 1.54) is 4.88 Å². The highest BCUT2D eigenvalue weighted by Gasteiger charge is 2.13. The van der Waals surface area contributed by atoms with Crippen molar-refractivity contribution in [3.8, 4) is 0 Å². The molecule has 0 bridgehead atoms. The Kier molecular flexibility index (Phi) is 3.06. The summed E-state index contributed by atoms with van der Waals surface area (Å²) >= 11 is 1.66. The molecule has 2 heterocycles. The number of fused-ring (bicyclic) bond motifs is 1. The second kappa shape index (κ2) is 4.76. The number of carbonyl (C=O) groups is 1. The van der Waals surface area contributed by atoms with Crippen LogP contribution in [0, 0.1) is 13.8 Å². The number of hydrogen-bond acceptors (Lipinski definition) is 3. The van der Waals surface area contributed by atoms with E-state index in [1.807, 2.05) is 36.7 Å². The molecule has 5 heteroatoms. The molecule has 3 rings (SSSR count). The van der Waals surface area contributed by atoms with Crippen LogP contribution in [0.5, 0.6) is 0 Å². The highest BCUT2D eigenvalue weighted by molar-refractivity contribution is 7.11. The largest absolute Gasteiger partial charge is 0.478 e. The zero-order chi connectivity index (χ0) is 14.3. The number of carboxylic acids is 1. The van der Waals surface area contributed by atoms with Gasteiger partial charge in [-0.3, -0.25) is 0 Å². The molecular weight excluding hydrogens is 272 g/mol. The van der Waals surface area contributed by atoms with E-state index in [4.69, 9.17) is 0 Å². The summed E-state index contributed by atoms with van der Waals surface area (Å²) in [4.78, 5) is 17.1. The molecule has 3 aromatic rings. The van der Waals surface area contributed by atoms with Gasteiger partial charge in [-0.15, -0.1) is 11.3 Å². The summed E-state index contributed by atoms with van der Waals surface area (Å²) < 4.78 is 1.95. The van der Waals surface area contributed by atoms with Crippen LogP contribution in [0.2, 0.25) is 0 Å². The summed E-state index contributed by atoms with van der Waals surface area (Å²) in [6.45, 7) is 4.64. The molecule has 102 valence electrons. The van der Waals surface area contributed by atoms with E-state index in [-0.39, 0.29) is 0 Å². The van der Waals surface area contributed by atoms with Crippen LogP contribution in [0.25, 0.3) is 10.9 Å². The van der Waals surface area contributed by atoms with Crippen LogP contribution in [-0.2, 0) is 6.54 Å². The molecule has 4 nitrogen and oxygen atoms in total. The Bertz CT molecular complexity index is 782. The van der Waals surface area contributed by atoms with E-state index in [9.17, 15) is 9.90 Å². The first kappa shape index (κ1) is 12.9. The van der Waals surface area contributed by atoms with Crippen LogP contribution in [0.15, 0.2) is 30.5 Å². The molecule has 2 aromatic heterocycles. The van der Waals surface area contributed by atoms with Gasteiger partial charge in [0.1, 0.15) is 5.01 Å². The first-order chi connectivity index (χ1) is 9.56. The van der Waals surface area contributed by atoms with Gasteiger partial charge in [0.15, 0.2) is 0 Å². The molecule has 0 saturated carbocycles. The van der Waals surface area contributed by atoms with Crippen LogP contribution in [0.4, 0.5) is 0 Å². The van der Waals surface area contributed by atoms with Crippen molar-refractivity contribution in [3.05, 3.63) is 51.6 Å². The minimum atomic E-state index is -0.901. The van der Waals surface area contributed by atoms with Gasteiger partial charge in [-0.2, -0.15) is 0 Å². The lowest BCUT2D eigenvalue weighted by Crippen LogP contribution is -2.04. The van der Waals surface area contributed by atoms with Crippen molar-refractivity contribution in [1.82, 2.24) is 9.55 Å². The lowest BCUT2D eigenvalue weighted by Gasteiger charge is -2.05. The number of rotatable bonds is 3. The van der Waals surface area contributed by atoms with Crippen LogP contribution >= 0.6 is 11.3 Å². The third-order valence-corrected chi connectivity index (χ3v) is 4.45. The van der Waals surface area contributed by atoms with E-state index in [2.05, 4.69) is 4.98 Å². The molecule has 1 aromatic carbocycles. The average Bonchev–Trinajstić information content (AvgIpc) is 2.94. The second-order valence-electron chi connectivity index (χ2n) is 4.74. The Morgan fingerprint density at radius 3 is 2.80 bits per heavy atom. The van der Waals surface area contributed by atoms with Gasteiger partial charge in [-0.25, -0.2) is 9.78 Å². The van der Waals surface area contributed by atoms with E-state index >= 15 is 0 Å². The summed E-state index contributed by atoms with van der Waals surface area (Å²) in [5.41, 5.74) is 2.13. The topological polar surface area (TPSA) is 55.1 Å². The smallest absolute Gasteiger partial charge is 0.337 e. The Morgan fingerprint density at radius 2 is 2.15 bits per heavy atom. The standard InChI is InChI=1S/C15H14N2O2S/c1-9-10(2)20-13(16-9)8-17-7-6-11-4-3-5-12(14(11)17)15(18)19/h3-7H,8H2,1-2H3,(H,18,19). The molecule has 1 N–H and O–H groups in total. The predicted molar refractivity (Wildman–Crippen MR) is 79.6 cm³/mol. The molecule has 0 atom stereocenters. The molecule has 0 aliphatic heterocycles. The number of carboxylic acid groups (broad SMARTS) is 1. The first-order valence-electron chi connectivity index (χ1n) is 6.30. The van der Waals surface area contributed by atoms with Crippen LogP contribution in [-0.4, -0.2) is 20.6 Å². The van der Waals surface area contributed by atoms with Gasteiger partial charge in [0.25, 0.3) is 0 Å². The Morgan fingerprint density at radius 1 is 1.35 bits per heavy atom. The van der Waals surface area contributed by atoms with Gasteiger partial charge in [0.2, 0.25) is 0 Å². The number of aryl methyl sites for hydroxylation is 2. The fraction of sp³-hybridized carbons (Fsp3) is 0.200. The Hall–Kier alpha value is -2.14. The fourth-order valence-electron chi connectivity index (χ4n) is 2.32. The van der Waals surface area contributed by atoms with E-state index in [0.717, 1.165) is 21.6 Å². The van der Waals surface area contributed by atoms with Crippen LogP contribution in [0.3, 0.4) is 0 Å². The second-order valence-corrected chi connectivity index (χ2v) is 6.03. The van der Waals surface area contributed by atoms with Crippen LogP contribution in [0.1, 0.15) is 25.9 Å². The molecule has 0 spiro atoms. The molecule has 0 aliphatic rings. The van der Waals surface area contributed by atoms with Gasteiger partial charge in [-0.05, 0) is 26.0 Å². The minimum Gasteiger partial charge on any atom is -0.478 e. The minimum absolute atomic E-state index is 0.331. The van der Waals surface area contributed by atoms with Crippen molar-refractivity contribution in [2.45, 2.75) is 20.4 Å². The van der Waals surface area contributed by atoms with Gasteiger partial charge in [0, 0.05) is 16.5 Å². The molecule has 0 radical (unpaired) electrons. The third-order valence-electron chi connectivity index (χ3n) is 3.40. The van der Waals surface area contributed by atoms with Crippen molar-refractivity contribution in [2.75, 3.05) is 0 Å². The summed E-state index contributed by atoms with van der Waals surface area (Å²) in [5.74, 6) is -0.901. The molecule has 20 heavy (non-hydrogen) atoms. The maximum absolute atomic E-state index is 11.3. The van der Waals surface area contributed by atoms with Crippen molar-refractivity contribution >= 4 is 28.2 Å². The SMILES string of the molecule is Cc1nc(Cn2ccc3cccc(C(=O)O)c32)sc1C. The number of hydrogen-bond donors (Lipinski definition) is 1. The first-order valence-corrected chi connectivity index (χ1v) is 7.12. The van der Waals surface area contributed by atoms with Gasteiger partial charge >= 0.3 is 5.97 Å². The van der Waals surface area contributed by atoms with E-state index in [1.54, 1.807) is 23.5 Å². The van der Waals surface area contributed by atoms with Crippen LogP contribution < -0.4 is 0 Å². The molecule has 0 amide bonds. The number of thiazole rings is 1. The van der Waals surface area contributed by atoms with Crippen molar-refractivity contribution in [1.29, 1.82) is 0 Å². The lowest BCUT2D eigenvalue weighted by atomic mass is 10.1. The molecule has 0 fully saturated rings. The fourth-order valence-corrected chi connectivity index (χ4v) is 3.25. The zero-order valence-corrected chi connectivity index (χ0v) is 12.1. The number of aromatic carboxylic acids is 1. The highest BCUT2D eigenvalue weighted by Crippen LogP contribution is 2.23. The normalized spacial score (nSPS) is 11.1. The van der Waals surface area contributed by atoms with Crippen molar-refractivity contribution in [3.63, 3.8) is 0 Å². The monoisotopic (exact) mass is 286 g/mol. The van der Waals surface area contributed by atoms with Crippen molar-refractivity contribution < 1.29 is 9.90 Å². The summed E-state index contributed by atoms with van der Waals surface area (Å²) in [6.07, 6.45) is 1.92. The third kappa shape index (κ3) is 2.10. The Labute approximate surface area is 120 Å². The van der Waals surface area contributed by atoms with E-state index < -0.39 is 5.97 Å². The summed E-state index contributed by atoms with van der Waals surface area (Å²) in [6, 6.07) is 7.28. The van der Waals surface area contributed by atoms with Gasteiger partial charge in [0.05, 0.1) is 23.3 Å². The van der Waals surface area contributed by atoms with Gasteiger partial charge < -0.3 is 9.67 Å². The number of para-hydroxylation sites is 1. The number of aromatic nitrogens is 2. The summed E-state index contributed by atoms with van der Waals surface area (Å²) in [7, 11) is 0. The van der Waals surface area contributed by atoms with Crippen molar-refractivity contribution in [2.24, 2.45) is 0 Å². The highest BCUT2D eigenvalue weighted by atomic mass is 32.1.